The molecule has 0 aromatic heterocycles. The molecular formula is C10H13N3O2S. The summed E-state index contributed by atoms with van der Waals surface area (Å²) in [6.45, 7) is 2.10. The van der Waals surface area contributed by atoms with Crippen molar-refractivity contribution in [3.8, 4) is 6.07 Å². The zero-order chi connectivity index (χ0) is 12.2. The third kappa shape index (κ3) is 3.88. The maximum Gasteiger partial charge on any atom is 0.210 e. The predicted molar refractivity (Wildman–Crippen MR) is 62.4 cm³/mol. The molecule has 1 rings (SSSR count). The minimum atomic E-state index is -3.43. The Balaban J connectivity index is 2.66. The summed E-state index contributed by atoms with van der Waals surface area (Å²) in [5.74, 6) is -0.119. The van der Waals surface area contributed by atoms with Crippen LogP contribution < -0.4 is 10.5 Å². The highest BCUT2D eigenvalue weighted by Crippen LogP contribution is 2.15. The molecule has 0 heterocycles. The zero-order valence-electron chi connectivity index (χ0n) is 8.90. The van der Waals surface area contributed by atoms with Gasteiger partial charge in [-0.25, -0.2) is 13.6 Å². The molecule has 0 fully saturated rings. The predicted octanol–water partition coefficient (Wildman–Crippen LogP) is 0.567. The van der Waals surface area contributed by atoms with Gasteiger partial charge in [0.15, 0.2) is 0 Å². The van der Waals surface area contributed by atoms with Gasteiger partial charge in [0.1, 0.15) is 0 Å². The van der Waals surface area contributed by atoms with E-state index in [2.05, 4.69) is 5.32 Å². The molecule has 6 heteroatoms. The van der Waals surface area contributed by atoms with Gasteiger partial charge in [0.05, 0.1) is 17.4 Å². The van der Waals surface area contributed by atoms with Crippen LogP contribution in [0.15, 0.2) is 18.2 Å². The first-order chi connectivity index (χ1) is 7.42. The van der Waals surface area contributed by atoms with Gasteiger partial charge in [0, 0.05) is 12.2 Å². The molecule has 3 N–H and O–H groups in total. The molecule has 0 aliphatic heterocycles. The van der Waals surface area contributed by atoms with E-state index in [4.69, 9.17) is 10.4 Å². The van der Waals surface area contributed by atoms with Crippen molar-refractivity contribution in [1.29, 1.82) is 5.26 Å². The number of sulfonamides is 1. The second-order valence-corrected chi connectivity index (χ2v) is 5.17. The van der Waals surface area contributed by atoms with Crippen LogP contribution in [0.4, 0.5) is 5.69 Å². The molecular weight excluding hydrogens is 226 g/mol. The van der Waals surface area contributed by atoms with Crippen LogP contribution in [0.1, 0.15) is 11.1 Å². The fourth-order valence-corrected chi connectivity index (χ4v) is 1.65. The summed E-state index contributed by atoms with van der Waals surface area (Å²) >= 11 is 0. The summed E-state index contributed by atoms with van der Waals surface area (Å²) in [6, 6.07) is 7.19. The van der Waals surface area contributed by atoms with Crippen molar-refractivity contribution in [2.45, 2.75) is 6.92 Å². The molecule has 0 spiro atoms. The molecule has 1 aromatic rings. The third-order valence-electron chi connectivity index (χ3n) is 2.06. The molecule has 0 saturated carbocycles. The summed E-state index contributed by atoms with van der Waals surface area (Å²) in [5.41, 5.74) is 2.28. The highest BCUT2D eigenvalue weighted by atomic mass is 32.2. The standard InChI is InChI=1S/C10H13N3O2S/c1-8-6-9(7-11)2-3-10(8)13-4-5-16(12,14)15/h2-3,6,13H,4-5H2,1H3,(H2,12,14,15). The average molecular weight is 239 g/mol. The lowest BCUT2D eigenvalue weighted by molar-refractivity contribution is 0.598. The van der Waals surface area contributed by atoms with Crippen molar-refractivity contribution >= 4 is 15.7 Å². The topological polar surface area (TPSA) is 96.0 Å². The minimum absolute atomic E-state index is 0.119. The quantitative estimate of drug-likeness (QED) is 0.802. The monoisotopic (exact) mass is 239 g/mol. The Kier molecular flexibility index (Phi) is 3.88. The second-order valence-electron chi connectivity index (χ2n) is 3.44. The Morgan fingerprint density at radius 1 is 1.50 bits per heavy atom. The molecule has 0 atom stereocenters. The molecule has 86 valence electrons. The number of nitrogens with one attached hydrogen (secondary N) is 1. The van der Waals surface area contributed by atoms with Gasteiger partial charge in [-0.05, 0) is 30.7 Å². The van der Waals surface area contributed by atoms with Crippen molar-refractivity contribution in [1.82, 2.24) is 0 Å². The van der Waals surface area contributed by atoms with E-state index in [0.29, 0.717) is 5.56 Å². The van der Waals surface area contributed by atoms with Crippen LogP contribution in [0.3, 0.4) is 0 Å². The number of nitrogens with two attached hydrogens (primary N) is 1. The SMILES string of the molecule is Cc1cc(C#N)ccc1NCCS(N)(=O)=O. The summed E-state index contributed by atoms with van der Waals surface area (Å²) in [4.78, 5) is 0. The smallest absolute Gasteiger partial charge is 0.210 e. The number of hydrogen-bond acceptors (Lipinski definition) is 4. The Hall–Kier alpha value is -1.58. The summed E-state index contributed by atoms with van der Waals surface area (Å²) in [5, 5.41) is 16.5. The van der Waals surface area contributed by atoms with Gasteiger partial charge in [0.25, 0.3) is 0 Å². The lowest BCUT2D eigenvalue weighted by Crippen LogP contribution is -2.22. The molecule has 1 aromatic carbocycles. The average Bonchev–Trinajstić information content (AvgIpc) is 2.18. The van der Waals surface area contributed by atoms with Crippen LogP contribution in [-0.2, 0) is 10.0 Å². The van der Waals surface area contributed by atoms with Gasteiger partial charge in [-0.1, -0.05) is 0 Å². The molecule has 0 aliphatic rings. The lowest BCUT2D eigenvalue weighted by Gasteiger charge is -2.08. The molecule has 0 radical (unpaired) electrons. The van der Waals surface area contributed by atoms with Gasteiger partial charge >= 0.3 is 0 Å². The molecule has 0 amide bonds. The maximum atomic E-state index is 10.7. The van der Waals surface area contributed by atoms with Crippen molar-refractivity contribution in [3.05, 3.63) is 29.3 Å². The summed E-state index contributed by atoms with van der Waals surface area (Å²) < 4.78 is 21.4. The van der Waals surface area contributed by atoms with Crippen molar-refractivity contribution < 1.29 is 8.42 Å². The highest BCUT2D eigenvalue weighted by Gasteiger charge is 2.03. The maximum absolute atomic E-state index is 10.7. The first-order valence-electron chi connectivity index (χ1n) is 4.67. The van der Waals surface area contributed by atoms with Crippen LogP contribution in [0, 0.1) is 18.3 Å². The molecule has 0 unspecified atom stereocenters. The largest absolute Gasteiger partial charge is 0.384 e. The van der Waals surface area contributed by atoms with Crippen molar-refractivity contribution in [2.24, 2.45) is 5.14 Å². The number of aryl methyl sites for hydroxylation is 1. The van der Waals surface area contributed by atoms with E-state index in [-0.39, 0.29) is 12.3 Å². The number of primary sulfonamides is 1. The zero-order valence-corrected chi connectivity index (χ0v) is 9.71. The Morgan fingerprint density at radius 2 is 2.19 bits per heavy atom. The minimum Gasteiger partial charge on any atom is -0.384 e. The number of nitrogens with zero attached hydrogens (tertiary/aromatic N) is 1. The van der Waals surface area contributed by atoms with E-state index >= 15 is 0 Å². The Bertz CT molecular complexity index is 517. The fraction of sp³-hybridized carbons (Fsp3) is 0.300. The first-order valence-corrected chi connectivity index (χ1v) is 6.39. The summed E-state index contributed by atoms with van der Waals surface area (Å²) in [6.07, 6.45) is 0. The van der Waals surface area contributed by atoms with Crippen LogP contribution in [0.2, 0.25) is 0 Å². The number of rotatable bonds is 4. The fourth-order valence-electron chi connectivity index (χ4n) is 1.26. The van der Waals surface area contributed by atoms with Gasteiger partial charge in [0.2, 0.25) is 10.0 Å². The number of anilines is 1. The third-order valence-corrected chi connectivity index (χ3v) is 2.83. The first kappa shape index (κ1) is 12.5. The summed E-state index contributed by atoms with van der Waals surface area (Å²) in [7, 11) is -3.43. The van der Waals surface area contributed by atoms with E-state index < -0.39 is 10.0 Å². The lowest BCUT2D eigenvalue weighted by atomic mass is 10.1. The molecule has 16 heavy (non-hydrogen) atoms. The number of nitriles is 1. The van der Waals surface area contributed by atoms with Gasteiger partial charge in [-0.15, -0.1) is 0 Å². The van der Waals surface area contributed by atoms with Crippen molar-refractivity contribution in [2.75, 3.05) is 17.6 Å². The van der Waals surface area contributed by atoms with E-state index in [1.807, 2.05) is 13.0 Å². The van der Waals surface area contributed by atoms with E-state index in [9.17, 15) is 8.42 Å². The second kappa shape index (κ2) is 4.96. The van der Waals surface area contributed by atoms with Crippen molar-refractivity contribution in [3.63, 3.8) is 0 Å². The number of hydrogen-bond donors (Lipinski definition) is 2. The Labute approximate surface area is 94.9 Å². The number of benzene rings is 1. The molecule has 0 bridgehead atoms. The highest BCUT2D eigenvalue weighted by molar-refractivity contribution is 7.89. The normalized spacial score (nSPS) is 10.8. The molecule has 0 saturated heterocycles. The van der Waals surface area contributed by atoms with Gasteiger partial charge < -0.3 is 5.32 Å². The van der Waals surface area contributed by atoms with Crippen LogP contribution in [0.25, 0.3) is 0 Å². The van der Waals surface area contributed by atoms with Crippen LogP contribution in [-0.4, -0.2) is 20.7 Å². The van der Waals surface area contributed by atoms with E-state index in [0.717, 1.165) is 11.3 Å². The van der Waals surface area contributed by atoms with Gasteiger partial charge in [-0.2, -0.15) is 5.26 Å². The van der Waals surface area contributed by atoms with Gasteiger partial charge in [-0.3, -0.25) is 0 Å². The van der Waals surface area contributed by atoms with Crippen LogP contribution >= 0.6 is 0 Å². The Morgan fingerprint density at radius 3 is 2.69 bits per heavy atom. The van der Waals surface area contributed by atoms with Crippen LogP contribution in [0.5, 0.6) is 0 Å². The van der Waals surface area contributed by atoms with E-state index in [1.54, 1.807) is 18.2 Å². The van der Waals surface area contributed by atoms with E-state index in [1.165, 1.54) is 0 Å². The molecule has 0 aliphatic carbocycles. The molecule has 5 nitrogen and oxygen atoms in total.